The highest BCUT2D eigenvalue weighted by Crippen LogP contribution is 2.26. The van der Waals surface area contributed by atoms with E-state index in [1.54, 1.807) is 7.05 Å². The largest absolute Gasteiger partial charge is 0.396 e. The lowest BCUT2D eigenvalue weighted by Gasteiger charge is -2.34. The number of hydrogen-bond donors (Lipinski definition) is 1. The van der Waals surface area contributed by atoms with E-state index < -0.39 is 10.0 Å². The van der Waals surface area contributed by atoms with Crippen LogP contribution < -0.4 is 0 Å². The number of rotatable bonds is 4. The summed E-state index contributed by atoms with van der Waals surface area (Å²) in [5.74, 6) is 0. The molecular weight excluding hydrogens is 254 g/mol. The molecule has 0 bridgehead atoms. The zero-order valence-corrected chi connectivity index (χ0v) is 11.3. The molecule has 0 radical (unpaired) electrons. The maximum atomic E-state index is 12.5. The Hall–Kier alpha value is -0.920. The molecule has 6 nitrogen and oxygen atoms in total. The van der Waals surface area contributed by atoms with Gasteiger partial charge in [-0.3, -0.25) is 4.68 Å². The van der Waals surface area contributed by atoms with E-state index in [0.717, 1.165) is 19.3 Å². The van der Waals surface area contributed by atoms with Crippen LogP contribution in [0.2, 0.25) is 0 Å². The maximum Gasteiger partial charge on any atom is 0.246 e. The Balaban J connectivity index is 2.27. The van der Waals surface area contributed by atoms with Crippen molar-refractivity contribution in [2.45, 2.75) is 36.6 Å². The minimum atomic E-state index is -3.47. The molecule has 7 heteroatoms. The van der Waals surface area contributed by atoms with Gasteiger partial charge in [0.15, 0.2) is 0 Å². The molecule has 0 aliphatic carbocycles. The second-order valence-electron chi connectivity index (χ2n) is 4.63. The smallest absolute Gasteiger partial charge is 0.246 e. The number of aryl methyl sites for hydroxylation is 1. The van der Waals surface area contributed by atoms with Crippen LogP contribution in [0.4, 0.5) is 0 Å². The predicted octanol–water partition coefficient (Wildman–Crippen LogP) is 0.346. The molecule has 0 aromatic carbocycles. The first kappa shape index (κ1) is 13.5. The van der Waals surface area contributed by atoms with Crippen LogP contribution in [0, 0.1) is 0 Å². The van der Waals surface area contributed by atoms with Gasteiger partial charge in [0.05, 0.1) is 6.20 Å². The lowest BCUT2D eigenvalue weighted by Crippen LogP contribution is -2.43. The molecule has 1 aliphatic rings. The van der Waals surface area contributed by atoms with E-state index in [1.165, 1.54) is 21.4 Å². The highest BCUT2D eigenvalue weighted by Gasteiger charge is 2.33. The van der Waals surface area contributed by atoms with Gasteiger partial charge in [-0.25, -0.2) is 8.42 Å². The lowest BCUT2D eigenvalue weighted by atomic mass is 10.0. The normalized spacial score (nSPS) is 22.2. The summed E-state index contributed by atoms with van der Waals surface area (Å²) < 4.78 is 28.0. The fourth-order valence-electron chi connectivity index (χ4n) is 2.40. The van der Waals surface area contributed by atoms with Gasteiger partial charge in [-0.05, 0) is 19.3 Å². The van der Waals surface area contributed by atoms with Crippen molar-refractivity contribution in [2.75, 3.05) is 13.2 Å². The van der Waals surface area contributed by atoms with Gasteiger partial charge in [0, 0.05) is 32.4 Å². The lowest BCUT2D eigenvalue weighted by molar-refractivity contribution is 0.192. The van der Waals surface area contributed by atoms with Crippen molar-refractivity contribution in [3.8, 4) is 0 Å². The van der Waals surface area contributed by atoms with E-state index in [4.69, 9.17) is 5.11 Å². The molecule has 102 valence electrons. The van der Waals surface area contributed by atoms with Gasteiger partial charge >= 0.3 is 0 Å². The molecule has 1 N–H and O–H groups in total. The molecule has 1 aliphatic heterocycles. The van der Waals surface area contributed by atoms with E-state index in [1.807, 2.05) is 0 Å². The summed E-state index contributed by atoms with van der Waals surface area (Å²) in [7, 11) is -1.78. The standard InChI is InChI=1S/C11H19N3O3S/c1-13-9-11(8-12-13)18(16,17)14-6-3-2-4-10(14)5-7-15/h8-10,15H,2-7H2,1H3. The van der Waals surface area contributed by atoms with Crippen LogP contribution in [-0.2, 0) is 17.1 Å². The van der Waals surface area contributed by atoms with Gasteiger partial charge in [0.2, 0.25) is 10.0 Å². The Morgan fingerprint density at radius 3 is 2.89 bits per heavy atom. The van der Waals surface area contributed by atoms with E-state index in [0.29, 0.717) is 13.0 Å². The molecule has 0 amide bonds. The summed E-state index contributed by atoms with van der Waals surface area (Å²) in [6.07, 6.45) is 6.10. The Morgan fingerprint density at radius 1 is 1.50 bits per heavy atom. The highest BCUT2D eigenvalue weighted by atomic mass is 32.2. The highest BCUT2D eigenvalue weighted by molar-refractivity contribution is 7.89. The monoisotopic (exact) mass is 273 g/mol. The van der Waals surface area contributed by atoms with Crippen LogP contribution in [0.25, 0.3) is 0 Å². The van der Waals surface area contributed by atoms with Crippen molar-refractivity contribution in [1.82, 2.24) is 14.1 Å². The Bertz CT molecular complexity index is 495. The summed E-state index contributed by atoms with van der Waals surface area (Å²) in [5, 5.41) is 12.9. The summed E-state index contributed by atoms with van der Waals surface area (Å²) in [6.45, 7) is 0.547. The molecule has 2 heterocycles. The van der Waals surface area contributed by atoms with Crippen LogP contribution in [0.5, 0.6) is 0 Å². The first-order valence-electron chi connectivity index (χ1n) is 6.17. The van der Waals surface area contributed by atoms with Gasteiger partial charge in [-0.2, -0.15) is 9.40 Å². The fourth-order valence-corrected chi connectivity index (χ4v) is 4.11. The minimum absolute atomic E-state index is 0.0176. The van der Waals surface area contributed by atoms with Gasteiger partial charge in [-0.1, -0.05) is 6.42 Å². The molecule has 0 spiro atoms. The maximum absolute atomic E-state index is 12.5. The van der Waals surface area contributed by atoms with Gasteiger partial charge in [0.25, 0.3) is 0 Å². The molecule has 1 aromatic rings. The third-order valence-electron chi connectivity index (χ3n) is 3.32. The number of aromatic nitrogens is 2. The molecule has 0 saturated carbocycles. The minimum Gasteiger partial charge on any atom is -0.396 e. The van der Waals surface area contributed by atoms with Gasteiger partial charge in [0.1, 0.15) is 4.90 Å². The average molecular weight is 273 g/mol. The van der Waals surface area contributed by atoms with E-state index in [2.05, 4.69) is 5.10 Å². The SMILES string of the molecule is Cn1cc(S(=O)(=O)N2CCCCC2CCO)cn1. The van der Waals surface area contributed by atoms with Crippen LogP contribution in [0.3, 0.4) is 0 Å². The third kappa shape index (κ3) is 2.57. The van der Waals surface area contributed by atoms with Crippen LogP contribution in [-0.4, -0.2) is 46.8 Å². The summed E-state index contributed by atoms with van der Waals surface area (Å²) in [5.41, 5.74) is 0. The molecule has 2 rings (SSSR count). The molecule has 1 atom stereocenters. The van der Waals surface area contributed by atoms with E-state index in [9.17, 15) is 8.42 Å². The number of aliphatic hydroxyl groups excluding tert-OH is 1. The van der Waals surface area contributed by atoms with Crippen molar-refractivity contribution < 1.29 is 13.5 Å². The number of hydrogen-bond acceptors (Lipinski definition) is 4. The third-order valence-corrected chi connectivity index (χ3v) is 5.23. The second kappa shape index (κ2) is 5.38. The van der Waals surface area contributed by atoms with Crippen LogP contribution in [0.15, 0.2) is 17.3 Å². The quantitative estimate of drug-likeness (QED) is 0.858. The summed E-state index contributed by atoms with van der Waals surface area (Å²) >= 11 is 0. The summed E-state index contributed by atoms with van der Waals surface area (Å²) in [4.78, 5) is 0.231. The Labute approximate surface area is 107 Å². The molecular formula is C11H19N3O3S. The number of piperidine rings is 1. The van der Waals surface area contributed by atoms with Crippen LogP contribution >= 0.6 is 0 Å². The van der Waals surface area contributed by atoms with Crippen molar-refractivity contribution in [2.24, 2.45) is 7.05 Å². The molecule has 1 saturated heterocycles. The van der Waals surface area contributed by atoms with E-state index >= 15 is 0 Å². The first-order valence-corrected chi connectivity index (χ1v) is 7.61. The summed E-state index contributed by atoms with van der Waals surface area (Å²) in [6, 6.07) is -0.0889. The van der Waals surface area contributed by atoms with Gasteiger partial charge < -0.3 is 5.11 Å². The molecule has 1 aromatic heterocycles. The molecule has 1 unspecified atom stereocenters. The fraction of sp³-hybridized carbons (Fsp3) is 0.727. The zero-order chi connectivity index (χ0) is 13.2. The number of nitrogens with zero attached hydrogens (tertiary/aromatic N) is 3. The molecule has 1 fully saturated rings. The van der Waals surface area contributed by atoms with E-state index in [-0.39, 0.29) is 17.5 Å². The Morgan fingerprint density at radius 2 is 2.28 bits per heavy atom. The predicted molar refractivity (Wildman–Crippen MR) is 66.4 cm³/mol. The van der Waals surface area contributed by atoms with Crippen molar-refractivity contribution in [3.05, 3.63) is 12.4 Å². The van der Waals surface area contributed by atoms with Crippen LogP contribution in [0.1, 0.15) is 25.7 Å². The number of aliphatic hydroxyl groups is 1. The van der Waals surface area contributed by atoms with Crippen molar-refractivity contribution in [3.63, 3.8) is 0 Å². The average Bonchev–Trinajstić information content (AvgIpc) is 2.78. The Kier molecular flexibility index (Phi) is 4.04. The zero-order valence-electron chi connectivity index (χ0n) is 10.5. The first-order chi connectivity index (χ1) is 8.55. The number of sulfonamides is 1. The second-order valence-corrected chi connectivity index (χ2v) is 6.52. The topological polar surface area (TPSA) is 75.4 Å². The molecule has 18 heavy (non-hydrogen) atoms. The van der Waals surface area contributed by atoms with Gasteiger partial charge in [-0.15, -0.1) is 0 Å². The van der Waals surface area contributed by atoms with Crippen molar-refractivity contribution >= 4 is 10.0 Å². The van der Waals surface area contributed by atoms with Crippen molar-refractivity contribution in [1.29, 1.82) is 0 Å².